The number of hydrogen-bond donors (Lipinski definition) is 0. The van der Waals surface area contributed by atoms with E-state index in [0.29, 0.717) is 42.8 Å². The lowest BCUT2D eigenvalue weighted by molar-refractivity contribution is -0.145. The predicted octanol–water partition coefficient (Wildman–Crippen LogP) is 5.79. The Kier molecular flexibility index (Phi) is 6.70. The molecule has 0 aromatic carbocycles. The summed E-state index contributed by atoms with van der Waals surface area (Å²) >= 11 is 0. The first-order chi connectivity index (χ1) is 18.8. The Morgan fingerprint density at radius 2 is 1.75 bits per heavy atom. The number of carbonyl (C=O) groups excluding carboxylic acids is 1. The molecule has 1 saturated heterocycles. The molecule has 2 saturated carbocycles. The lowest BCUT2D eigenvalue weighted by Crippen LogP contribution is -2.47. The molecular weight excluding hydrogens is 536 g/mol. The topological polar surface area (TPSA) is 54.3 Å². The third-order valence-corrected chi connectivity index (χ3v) is 9.77. The van der Waals surface area contributed by atoms with Crippen LogP contribution in [0.1, 0.15) is 79.2 Å². The summed E-state index contributed by atoms with van der Waals surface area (Å²) in [6.07, 6.45) is -1.89. The highest BCUT2D eigenvalue weighted by molar-refractivity contribution is 5.84. The first-order valence-corrected chi connectivity index (χ1v) is 14.1. The van der Waals surface area contributed by atoms with Crippen LogP contribution >= 0.6 is 0 Å². The standard InChI is InChI=1S/C28H33F6N5O/c1-17-11-24(28(32,33)34)36-39(17)21-4-8-37(9-5-21)22-13-19-3-2-7-26(19,14-22)25(40)38-10-6-23-18(16-38)12-20(15-35-23)27(29,30)31/h11-12,15,19,21-22H,2-10,13-14,16H2,1H3/t19-,22-,26-/m1/s1. The van der Waals surface area contributed by atoms with Crippen LogP contribution in [0.3, 0.4) is 0 Å². The van der Waals surface area contributed by atoms with Gasteiger partial charge in [-0.05, 0) is 69.1 Å². The van der Waals surface area contributed by atoms with Crippen LogP contribution in [0.25, 0.3) is 0 Å². The van der Waals surface area contributed by atoms with E-state index in [0.717, 1.165) is 63.5 Å². The number of carbonyl (C=O) groups is 1. The molecule has 0 radical (unpaired) electrons. The number of aryl methyl sites for hydroxylation is 1. The van der Waals surface area contributed by atoms with E-state index < -0.39 is 29.0 Å². The maximum atomic E-state index is 14.0. The van der Waals surface area contributed by atoms with E-state index in [1.54, 1.807) is 11.8 Å². The number of aromatic nitrogens is 3. The maximum absolute atomic E-state index is 14.0. The molecule has 2 aromatic heterocycles. The molecule has 2 aliphatic heterocycles. The number of alkyl halides is 6. The minimum atomic E-state index is -4.48. The van der Waals surface area contributed by atoms with Crippen LogP contribution in [0.15, 0.2) is 18.3 Å². The van der Waals surface area contributed by atoms with Crippen molar-refractivity contribution in [2.75, 3.05) is 19.6 Å². The average Bonchev–Trinajstić information content (AvgIpc) is 3.60. The van der Waals surface area contributed by atoms with Gasteiger partial charge < -0.3 is 9.80 Å². The minimum Gasteiger partial charge on any atom is -0.337 e. The van der Waals surface area contributed by atoms with Gasteiger partial charge in [0.15, 0.2) is 5.69 Å². The van der Waals surface area contributed by atoms with Crippen LogP contribution in [0.5, 0.6) is 0 Å². The van der Waals surface area contributed by atoms with Crippen LogP contribution < -0.4 is 0 Å². The van der Waals surface area contributed by atoms with E-state index in [2.05, 4.69) is 15.0 Å². The van der Waals surface area contributed by atoms with Crippen molar-refractivity contribution in [3.8, 4) is 0 Å². The summed E-state index contributed by atoms with van der Waals surface area (Å²) in [6, 6.07) is 2.35. The molecule has 0 unspecified atom stereocenters. The molecule has 2 aliphatic carbocycles. The van der Waals surface area contributed by atoms with Crippen molar-refractivity contribution in [2.24, 2.45) is 11.3 Å². The van der Waals surface area contributed by atoms with Gasteiger partial charge in [-0.1, -0.05) is 6.42 Å². The van der Waals surface area contributed by atoms with Gasteiger partial charge in [0, 0.05) is 56.2 Å². The van der Waals surface area contributed by atoms with Crippen LogP contribution in [-0.2, 0) is 30.1 Å². The van der Waals surface area contributed by atoms with Crippen molar-refractivity contribution < 1.29 is 31.1 Å². The lowest BCUT2D eigenvalue weighted by atomic mass is 9.78. The summed E-state index contributed by atoms with van der Waals surface area (Å²) in [7, 11) is 0. The molecule has 40 heavy (non-hydrogen) atoms. The highest BCUT2D eigenvalue weighted by Gasteiger charge is 2.57. The number of rotatable bonds is 3. The molecule has 2 aromatic rings. The Morgan fingerprint density at radius 1 is 1.00 bits per heavy atom. The normalized spacial score (nSPS) is 28.1. The Labute approximate surface area is 228 Å². The molecule has 1 amide bonds. The van der Waals surface area contributed by atoms with Gasteiger partial charge in [0.05, 0.1) is 17.0 Å². The molecule has 4 heterocycles. The van der Waals surface area contributed by atoms with Crippen molar-refractivity contribution in [1.82, 2.24) is 24.6 Å². The maximum Gasteiger partial charge on any atom is 0.435 e. The van der Waals surface area contributed by atoms with E-state index in [1.807, 2.05) is 0 Å². The van der Waals surface area contributed by atoms with Gasteiger partial charge in [0.2, 0.25) is 5.91 Å². The Bertz CT molecular complexity index is 1280. The second-order valence-electron chi connectivity index (χ2n) is 12.0. The molecule has 6 nitrogen and oxygen atoms in total. The fraction of sp³-hybridized carbons (Fsp3) is 0.679. The van der Waals surface area contributed by atoms with Crippen molar-refractivity contribution in [1.29, 1.82) is 0 Å². The number of pyridine rings is 1. The summed E-state index contributed by atoms with van der Waals surface area (Å²) in [4.78, 5) is 22.2. The Morgan fingerprint density at radius 3 is 2.42 bits per heavy atom. The molecule has 218 valence electrons. The average molecular weight is 570 g/mol. The van der Waals surface area contributed by atoms with Gasteiger partial charge >= 0.3 is 12.4 Å². The molecular formula is C28H33F6N5O. The third-order valence-electron chi connectivity index (χ3n) is 9.77. The summed E-state index contributed by atoms with van der Waals surface area (Å²) in [6.45, 7) is 3.73. The summed E-state index contributed by atoms with van der Waals surface area (Å²) in [5.74, 6) is 0.300. The number of nitrogens with zero attached hydrogens (tertiary/aromatic N) is 5. The SMILES string of the molecule is Cc1cc(C(F)(F)F)nn1C1CCN([C@@H]2C[C@H]3CCC[C@@]3(C(=O)N3CCc4ncc(C(F)(F)F)cc4C3)C2)CC1. The molecule has 12 heteroatoms. The van der Waals surface area contributed by atoms with Gasteiger partial charge in [-0.2, -0.15) is 31.4 Å². The zero-order valence-corrected chi connectivity index (χ0v) is 22.4. The van der Waals surface area contributed by atoms with Crippen molar-refractivity contribution >= 4 is 5.91 Å². The van der Waals surface area contributed by atoms with Crippen molar-refractivity contribution in [3.05, 3.63) is 46.5 Å². The predicted molar refractivity (Wildman–Crippen MR) is 133 cm³/mol. The molecule has 0 N–H and O–H groups in total. The zero-order valence-electron chi connectivity index (χ0n) is 22.4. The first kappa shape index (κ1) is 27.5. The minimum absolute atomic E-state index is 0.0577. The number of halogens is 6. The molecule has 6 rings (SSSR count). The zero-order chi connectivity index (χ0) is 28.4. The molecule has 3 atom stereocenters. The highest BCUT2D eigenvalue weighted by atomic mass is 19.4. The largest absolute Gasteiger partial charge is 0.435 e. The van der Waals surface area contributed by atoms with E-state index in [9.17, 15) is 31.1 Å². The molecule has 0 bridgehead atoms. The number of likely N-dealkylation sites (tertiary alicyclic amines) is 1. The molecule has 3 fully saturated rings. The van der Waals surface area contributed by atoms with E-state index in [-0.39, 0.29) is 30.5 Å². The monoisotopic (exact) mass is 569 g/mol. The van der Waals surface area contributed by atoms with Gasteiger partial charge in [-0.25, -0.2) is 0 Å². The Balaban J connectivity index is 1.13. The number of amides is 1. The van der Waals surface area contributed by atoms with Gasteiger partial charge in [-0.3, -0.25) is 14.5 Å². The van der Waals surface area contributed by atoms with E-state index in [1.165, 1.54) is 4.68 Å². The van der Waals surface area contributed by atoms with E-state index in [4.69, 9.17) is 0 Å². The van der Waals surface area contributed by atoms with Crippen LogP contribution in [0.4, 0.5) is 26.3 Å². The summed E-state index contributed by atoms with van der Waals surface area (Å²) in [5.41, 5.74) is -0.539. The highest BCUT2D eigenvalue weighted by Crippen LogP contribution is 2.57. The fourth-order valence-corrected chi connectivity index (χ4v) is 7.80. The number of piperidine rings is 1. The second kappa shape index (κ2) is 9.73. The summed E-state index contributed by atoms with van der Waals surface area (Å²) in [5, 5.41) is 3.85. The van der Waals surface area contributed by atoms with E-state index >= 15 is 0 Å². The van der Waals surface area contributed by atoms with Gasteiger partial charge in [0.25, 0.3) is 0 Å². The lowest BCUT2D eigenvalue weighted by Gasteiger charge is -2.39. The van der Waals surface area contributed by atoms with Gasteiger partial charge in [0.1, 0.15) is 0 Å². The molecule has 4 aliphatic rings. The molecule has 0 spiro atoms. The first-order valence-electron chi connectivity index (χ1n) is 14.1. The Hall–Kier alpha value is -2.63. The van der Waals surface area contributed by atoms with Crippen LogP contribution in [-0.4, -0.2) is 56.1 Å². The fourth-order valence-electron chi connectivity index (χ4n) is 7.80. The quantitative estimate of drug-likeness (QED) is 0.439. The number of hydrogen-bond acceptors (Lipinski definition) is 4. The number of fused-ring (bicyclic) bond motifs is 2. The second-order valence-corrected chi connectivity index (χ2v) is 12.0. The van der Waals surface area contributed by atoms with Crippen molar-refractivity contribution in [2.45, 2.75) is 89.3 Å². The smallest absolute Gasteiger partial charge is 0.337 e. The summed E-state index contributed by atoms with van der Waals surface area (Å²) < 4.78 is 80.7. The van der Waals surface area contributed by atoms with Crippen LogP contribution in [0.2, 0.25) is 0 Å². The van der Waals surface area contributed by atoms with Crippen LogP contribution in [0, 0.1) is 18.3 Å². The third kappa shape index (κ3) is 4.79. The van der Waals surface area contributed by atoms with Crippen molar-refractivity contribution in [3.63, 3.8) is 0 Å². The van der Waals surface area contributed by atoms with Gasteiger partial charge in [-0.15, -0.1) is 0 Å².